The third kappa shape index (κ3) is 1.71. The molecule has 0 aliphatic carbocycles. The number of H-pyrrole nitrogens is 1. The molecule has 88 valence electrons. The summed E-state index contributed by atoms with van der Waals surface area (Å²) in [6.07, 6.45) is 1.70. The summed E-state index contributed by atoms with van der Waals surface area (Å²) in [5.41, 5.74) is 2.13. The van der Waals surface area contributed by atoms with Crippen molar-refractivity contribution in [2.75, 3.05) is 0 Å². The van der Waals surface area contributed by atoms with E-state index in [1.807, 2.05) is 18.2 Å². The fourth-order valence-corrected chi connectivity index (χ4v) is 1.80. The first-order valence-corrected chi connectivity index (χ1v) is 5.38. The van der Waals surface area contributed by atoms with Gasteiger partial charge in [-0.1, -0.05) is 6.07 Å². The molecule has 0 saturated heterocycles. The third-order valence-corrected chi connectivity index (χ3v) is 2.64. The molecule has 0 atom stereocenters. The summed E-state index contributed by atoms with van der Waals surface area (Å²) in [5, 5.41) is 9.88. The highest BCUT2D eigenvalue weighted by Gasteiger charge is 2.08. The Labute approximate surface area is 102 Å². The lowest BCUT2D eigenvalue weighted by Crippen LogP contribution is -2.00. The zero-order chi connectivity index (χ0) is 12.5. The molecule has 3 aromatic heterocycles. The van der Waals surface area contributed by atoms with Gasteiger partial charge in [-0.3, -0.25) is 0 Å². The summed E-state index contributed by atoms with van der Waals surface area (Å²) < 4.78 is 0. The smallest absolute Gasteiger partial charge is 0.354 e. The van der Waals surface area contributed by atoms with Crippen molar-refractivity contribution in [3.05, 3.63) is 48.3 Å². The van der Waals surface area contributed by atoms with Crippen LogP contribution in [0.15, 0.2) is 42.6 Å². The Kier molecular flexibility index (Phi) is 2.30. The Morgan fingerprint density at radius 2 is 2.11 bits per heavy atom. The van der Waals surface area contributed by atoms with E-state index in [1.165, 1.54) is 6.07 Å². The molecule has 0 aliphatic heterocycles. The first-order chi connectivity index (χ1) is 8.74. The van der Waals surface area contributed by atoms with Gasteiger partial charge in [-0.05, 0) is 30.3 Å². The van der Waals surface area contributed by atoms with E-state index in [9.17, 15) is 4.79 Å². The van der Waals surface area contributed by atoms with E-state index in [2.05, 4.69) is 15.0 Å². The zero-order valence-electron chi connectivity index (χ0n) is 9.29. The van der Waals surface area contributed by atoms with Gasteiger partial charge >= 0.3 is 5.97 Å². The number of fused-ring (bicyclic) bond motifs is 1. The van der Waals surface area contributed by atoms with Gasteiger partial charge in [0, 0.05) is 11.6 Å². The average molecular weight is 239 g/mol. The van der Waals surface area contributed by atoms with Gasteiger partial charge in [0.25, 0.3) is 0 Å². The van der Waals surface area contributed by atoms with Crippen molar-refractivity contribution in [2.24, 2.45) is 0 Å². The van der Waals surface area contributed by atoms with Crippen molar-refractivity contribution in [3.63, 3.8) is 0 Å². The van der Waals surface area contributed by atoms with Crippen molar-refractivity contribution in [1.82, 2.24) is 15.0 Å². The van der Waals surface area contributed by atoms with Crippen LogP contribution in [-0.4, -0.2) is 26.0 Å². The number of pyridine rings is 2. The van der Waals surface area contributed by atoms with E-state index in [1.54, 1.807) is 18.3 Å². The van der Waals surface area contributed by atoms with E-state index in [-0.39, 0.29) is 5.69 Å². The fraction of sp³-hybridized carbons (Fsp3) is 0. The number of nitrogens with one attached hydrogen (secondary N) is 1. The Balaban J connectivity index is 2.13. The fourth-order valence-electron chi connectivity index (χ4n) is 1.80. The molecule has 0 aromatic carbocycles. The summed E-state index contributed by atoms with van der Waals surface area (Å²) in [6.45, 7) is 0. The molecule has 2 N–H and O–H groups in total. The lowest BCUT2D eigenvalue weighted by Gasteiger charge is -1.98. The SMILES string of the molecule is O=C(O)c1cccc(-c2cc3cccnc3[nH]2)n1. The summed E-state index contributed by atoms with van der Waals surface area (Å²) in [7, 11) is 0. The van der Waals surface area contributed by atoms with Gasteiger partial charge in [0.2, 0.25) is 0 Å². The number of rotatable bonds is 2. The predicted octanol–water partition coefficient (Wildman–Crippen LogP) is 2.32. The Hall–Kier alpha value is -2.69. The van der Waals surface area contributed by atoms with Crippen molar-refractivity contribution in [2.45, 2.75) is 0 Å². The van der Waals surface area contributed by atoms with Crippen LogP contribution in [0.25, 0.3) is 22.4 Å². The molecule has 0 radical (unpaired) electrons. The molecule has 3 rings (SSSR count). The van der Waals surface area contributed by atoms with Crippen LogP contribution in [-0.2, 0) is 0 Å². The molecule has 0 spiro atoms. The highest BCUT2D eigenvalue weighted by molar-refractivity contribution is 5.87. The lowest BCUT2D eigenvalue weighted by atomic mass is 10.2. The van der Waals surface area contributed by atoms with E-state index in [0.29, 0.717) is 5.69 Å². The number of carbonyl (C=O) groups is 1. The van der Waals surface area contributed by atoms with Gasteiger partial charge in [0.1, 0.15) is 11.3 Å². The summed E-state index contributed by atoms with van der Waals surface area (Å²) in [5.74, 6) is -1.04. The summed E-state index contributed by atoms with van der Waals surface area (Å²) >= 11 is 0. The summed E-state index contributed by atoms with van der Waals surface area (Å²) in [4.78, 5) is 22.2. The van der Waals surface area contributed by atoms with Crippen LogP contribution in [0.4, 0.5) is 0 Å². The van der Waals surface area contributed by atoms with Crippen molar-refractivity contribution in [3.8, 4) is 11.4 Å². The standard InChI is InChI=1S/C13H9N3O2/c17-13(18)10-5-1-4-9(15-10)11-7-8-3-2-6-14-12(8)16-11/h1-7H,(H,14,16)(H,17,18). The van der Waals surface area contributed by atoms with Gasteiger partial charge in [-0.15, -0.1) is 0 Å². The normalized spacial score (nSPS) is 10.7. The lowest BCUT2D eigenvalue weighted by molar-refractivity contribution is 0.0690. The van der Waals surface area contributed by atoms with E-state index < -0.39 is 5.97 Å². The molecule has 0 bridgehead atoms. The minimum Gasteiger partial charge on any atom is -0.477 e. The van der Waals surface area contributed by atoms with Crippen molar-refractivity contribution >= 4 is 17.0 Å². The molecule has 3 heterocycles. The molecule has 18 heavy (non-hydrogen) atoms. The van der Waals surface area contributed by atoms with Crippen LogP contribution >= 0.6 is 0 Å². The molecular weight excluding hydrogens is 230 g/mol. The van der Waals surface area contributed by atoms with E-state index in [4.69, 9.17) is 5.11 Å². The van der Waals surface area contributed by atoms with Crippen LogP contribution < -0.4 is 0 Å². The average Bonchev–Trinajstić information content (AvgIpc) is 2.82. The maximum atomic E-state index is 10.9. The Morgan fingerprint density at radius 3 is 2.89 bits per heavy atom. The molecule has 0 fully saturated rings. The quantitative estimate of drug-likeness (QED) is 0.719. The molecule has 0 unspecified atom stereocenters. The van der Waals surface area contributed by atoms with Gasteiger partial charge in [-0.25, -0.2) is 14.8 Å². The first kappa shape index (κ1) is 10.5. The number of carboxylic acids is 1. The maximum absolute atomic E-state index is 10.9. The van der Waals surface area contributed by atoms with Crippen LogP contribution in [0, 0.1) is 0 Å². The second-order valence-electron chi connectivity index (χ2n) is 3.84. The van der Waals surface area contributed by atoms with Crippen LogP contribution in [0.2, 0.25) is 0 Å². The van der Waals surface area contributed by atoms with Crippen LogP contribution in [0.5, 0.6) is 0 Å². The van der Waals surface area contributed by atoms with Crippen molar-refractivity contribution < 1.29 is 9.90 Å². The van der Waals surface area contributed by atoms with Gasteiger partial charge in [0.15, 0.2) is 0 Å². The number of carboxylic acid groups (broad SMARTS) is 1. The van der Waals surface area contributed by atoms with E-state index in [0.717, 1.165) is 16.7 Å². The van der Waals surface area contributed by atoms with Crippen LogP contribution in [0.3, 0.4) is 0 Å². The molecule has 0 aliphatic rings. The molecule has 0 amide bonds. The van der Waals surface area contributed by atoms with Gasteiger partial charge in [-0.2, -0.15) is 0 Å². The second kappa shape index (κ2) is 3.96. The molecular formula is C13H9N3O2. The maximum Gasteiger partial charge on any atom is 0.354 e. The molecule has 5 heteroatoms. The van der Waals surface area contributed by atoms with E-state index >= 15 is 0 Å². The van der Waals surface area contributed by atoms with Gasteiger partial charge in [0.05, 0.1) is 11.4 Å². The topological polar surface area (TPSA) is 78.9 Å². The monoisotopic (exact) mass is 239 g/mol. The van der Waals surface area contributed by atoms with Gasteiger partial charge < -0.3 is 10.1 Å². The number of hydrogen-bond acceptors (Lipinski definition) is 3. The molecule has 5 nitrogen and oxygen atoms in total. The molecule has 3 aromatic rings. The predicted molar refractivity (Wildman–Crippen MR) is 66.3 cm³/mol. The Morgan fingerprint density at radius 1 is 1.22 bits per heavy atom. The Bertz CT molecular complexity index is 701. The van der Waals surface area contributed by atoms with Crippen LogP contribution in [0.1, 0.15) is 10.5 Å². The number of hydrogen-bond donors (Lipinski definition) is 2. The highest BCUT2D eigenvalue weighted by atomic mass is 16.4. The number of nitrogens with zero attached hydrogens (tertiary/aromatic N) is 2. The second-order valence-corrected chi connectivity index (χ2v) is 3.84. The number of aromatic carboxylic acids is 1. The minimum atomic E-state index is -1.04. The number of aromatic nitrogens is 3. The number of aromatic amines is 1. The zero-order valence-corrected chi connectivity index (χ0v) is 9.29. The highest BCUT2D eigenvalue weighted by Crippen LogP contribution is 2.21. The van der Waals surface area contributed by atoms with Crippen molar-refractivity contribution in [1.29, 1.82) is 0 Å². The largest absolute Gasteiger partial charge is 0.477 e. The minimum absolute atomic E-state index is 0.0270. The summed E-state index contributed by atoms with van der Waals surface area (Å²) in [6, 6.07) is 10.6. The molecule has 0 saturated carbocycles. The first-order valence-electron chi connectivity index (χ1n) is 5.38. The third-order valence-electron chi connectivity index (χ3n) is 2.64.